The zero-order valence-corrected chi connectivity index (χ0v) is 13.0. The van der Waals surface area contributed by atoms with Gasteiger partial charge in [0, 0.05) is 24.7 Å². The first kappa shape index (κ1) is 17.3. The molecule has 6 nitrogen and oxygen atoms in total. The van der Waals surface area contributed by atoms with Crippen molar-refractivity contribution in [1.82, 2.24) is 0 Å². The number of hydrogen-bond donors (Lipinski definition) is 3. The number of amides is 1. The average molecular weight is 296 g/mol. The maximum Gasteiger partial charge on any atom is 0.412 e. The Hall–Kier alpha value is -1.79. The summed E-state index contributed by atoms with van der Waals surface area (Å²) < 4.78 is 10.4. The Morgan fingerprint density at radius 2 is 2.10 bits per heavy atom. The van der Waals surface area contributed by atoms with E-state index in [4.69, 9.17) is 15.2 Å². The van der Waals surface area contributed by atoms with Crippen molar-refractivity contribution in [3.8, 4) is 5.75 Å². The molecule has 21 heavy (non-hydrogen) atoms. The zero-order chi connectivity index (χ0) is 16.0. The summed E-state index contributed by atoms with van der Waals surface area (Å²) in [6.07, 6.45) is -0.755. The van der Waals surface area contributed by atoms with Gasteiger partial charge >= 0.3 is 6.09 Å². The van der Waals surface area contributed by atoms with Gasteiger partial charge in [0.1, 0.15) is 11.4 Å². The van der Waals surface area contributed by atoms with Crippen LogP contribution in [0.1, 0.15) is 26.3 Å². The van der Waals surface area contributed by atoms with Crippen molar-refractivity contribution < 1.29 is 19.4 Å². The summed E-state index contributed by atoms with van der Waals surface area (Å²) in [4.78, 5) is 11.7. The van der Waals surface area contributed by atoms with E-state index in [9.17, 15) is 9.90 Å². The van der Waals surface area contributed by atoms with Crippen molar-refractivity contribution in [3.05, 3.63) is 23.8 Å². The van der Waals surface area contributed by atoms with Gasteiger partial charge in [-0.2, -0.15) is 0 Å². The molecule has 0 aliphatic carbocycles. The molecule has 0 bridgehead atoms. The minimum absolute atomic E-state index is 0.182. The van der Waals surface area contributed by atoms with Crippen LogP contribution < -0.4 is 15.8 Å². The first-order chi connectivity index (χ1) is 9.75. The van der Waals surface area contributed by atoms with Crippen LogP contribution in [0.4, 0.5) is 10.5 Å². The topological polar surface area (TPSA) is 93.8 Å². The number of rotatable bonds is 5. The predicted octanol–water partition coefficient (Wildman–Crippen LogP) is 1.90. The molecule has 0 radical (unpaired) electrons. The number of carbonyl (C=O) groups is 1. The van der Waals surface area contributed by atoms with E-state index in [1.165, 1.54) is 7.11 Å². The second-order valence-electron chi connectivity index (χ2n) is 5.75. The Labute approximate surface area is 125 Å². The highest BCUT2D eigenvalue weighted by Gasteiger charge is 2.17. The van der Waals surface area contributed by atoms with E-state index in [0.29, 0.717) is 17.9 Å². The van der Waals surface area contributed by atoms with Gasteiger partial charge in [-0.15, -0.1) is 0 Å². The fourth-order valence-corrected chi connectivity index (χ4v) is 1.75. The largest absolute Gasteiger partial charge is 0.496 e. The molecular formula is C15H24N2O4. The molecule has 0 saturated heterocycles. The Kier molecular flexibility index (Phi) is 5.99. The Morgan fingerprint density at radius 3 is 2.62 bits per heavy atom. The van der Waals surface area contributed by atoms with Gasteiger partial charge in [0.05, 0.1) is 13.2 Å². The molecule has 1 aromatic carbocycles. The van der Waals surface area contributed by atoms with Crippen LogP contribution in [0, 0.1) is 0 Å². The van der Waals surface area contributed by atoms with E-state index in [0.717, 1.165) is 5.56 Å². The maximum atomic E-state index is 11.7. The molecule has 1 amide bonds. The first-order valence-electron chi connectivity index (χ1n) is 6.80. The van der Waals surface area contributed by atoms with Gasteiger partial charge in [-0.3, -0.25) is 5.32 Å². The fourth-order valence-electron chi connectivity index (χ4n) is 1.75. The predicted molar refractivity (Wildman–Crippen MR) is 81.6 cm³/mol. The lowest BCUT2D eigenvalue weighted by molar-refractivity contribution is 0.0636. The highest BCUT2D eigenvalue weighted by molar-refractivity contribution is 5.85. The van der Waals surface area contributed by atoms with E-state index in [2.05, 4.69) is 5.32 Å². The van der Waals surface area contributed by atoms with Crippen LogP contribution in [0.15, 0.2) is 18.2 Å². The van der Waals surface area contributed by atoms with E-state index >= 15 is 0 Å². The van der Waals surface area contributed by atoms with Crippen molar-refractivity contribution in [2.45, 2.75) is 38.9 Å². The van der Waals surface area contributed by atoms with Crippen molar-refractivity contribution in [3.63, 3.8) is 0 Å². The third kappa shape index (κ3) is 6.01. The number of benzene rings is 1. The van der Waals surface area contributed by atoms with E-state index in [-0.39, 0.29) is 6.54 Å². The summed E-state index contributed by atoms with van der Waals surface area (Å²) in [5, 5.41) is 12.2. The normalized spacial score (nSPS) is 12.7. The van der Waals surface area contributed by atoms with Crippen LogP contribution in [0.25, 0.3) is 0 Å². The number of methoxy groups -OCH3 is 1. The van der Waals surface area contributed by atoms with E-state index < -0.39 is 17.8 Å². The summed E-state index contributed by atoms with van der Waals surface area (Å²) in [6, 6.07) is 5.19. The molecule has 0 heterocycles. The van der Waals surface area contributed by atoms with Gasteiger partial charge in [-0.25, -0.2) is 4.79 Å². The van der Waals surface area contributed by atoms with Crippen molar-refractivity contribution >= 4 is 11.8 Å². The number of nitrogens with one attached hydrogen (secondary N) is 1. The fraction of sp³-hybridized carbons (Fsp3) is 0.533. The Bertz CT molecular complexity index is 483. The summed E-state index contributed by atoms with van der Waals surface area (Å²) in [7, 11) is 1.53. The Balaban J connectivity index is 2.80. The third-order valence-electron chi connectivity index (χ3n) is 2.66. The van der Waals surface area contributed by atoms with Crippen molar-refractivity contribution in [1.29, 1.82) is 0 Å². The summed E-state index contributed by atoms with van der Waals surface area (Å²) in [5.41, 5.74) is 6.23. The molecule has 0 aliphatic heterocycles. The molecule has 118 valence electrons. The highest BCUT2D eigenvalue weighted by atomic mass is 16.6. The lowest BCUT2D eigenvalue weighted by atomic mass is 10.1. The lowest BCUT2D eigenvalue weighted by Gasteiger charge is -2.20. The Morgan fingerprint density at radius 1 is 1.43 bits per heavy atom. The number of carbonyl (C=O) groups excluding carboxylic acids is 1. The molecular weight excluding hydrogens is 272 g/mol. The lowest BCUT2D eigenvalue weighted by Crippen LogP contribution is -2.27. The molecule has 6 heteroatoms. The van der Waals surface area contributed by atoms with Crippen LogP contribution in [-0.4, -0.2) is 36.6 Å². The average Bonchev–Trinajstić information content (AvgIpc) is 2.38. The molecule has 0 spiro atoms. The first-order valence-corrected chi connectivity index (χ1v) is 6.80. The van der Waals surface area contributed by atoms with Gasteiger partial charge in [0.15, 0.2) is 0 Å². The second-order valence-corrected chi connectivity index (χ2v) is 5.75. The second kappa shape index (κ2) is 7.28. The molecule has 0 fully saturated rings. The monoisotopic (exact) mass is 296 g/mol. The summed E-state index contributed by atoms with van der Waals surface area (Å²) in [5.74, 6) is 0.580. The summed E-state index contributed by atoms with van der Waals surface area (Å²) >= 11 is 0. The SMILES string of the molecule is COc1cc(NC(=O)OC(C)(C)C)ccc1CC(O)CN. The maximum absolute atomic E-state index is 11.7. The molecule has 1 rings (SSSR count). The molecule has 0 aliphatic rings. The standard InChI is InChI=1S/C15H24N2O4/c1-15(2,3)21-14(19)17-11-6-5-10(7-12(18)9-16)13(8-11)20-4/h5-6,8,12,18H,7,9,16H2,1-4H3,(H,17,19). The summed E-state index contributed by atoms with van der Waals surface area (Å²) in [6.45, 7) is 5.57. The van der Waals surface area contributed by atoms with Gasteiger partial charge in [-0.1, -0.05) is 6.07 Å². The molecule has 1 atom stereocenters. The van der Waals surface area contributed by atoms with Gasteiger partial charge < -0.3 is 20.3 Å². The molecule has 4 N–H and O–H groups in total. The third-order valence-corrected chi connectivity index (χ3v) is 2.66. The zero-order valence-electron chi connectivity index (χ0n) is 13.0. The molecule has 0 aromatic heterocycles. The number of anilines is 1. The van der Waals surface area contributed by atoms with Crippen LogP contribution in [0.2, 0.25) is 0 Å². The quantitative estimate of drug-likeness (QED) is 0.771. The number of aliphatic hydroxyl groups excluding tert-OH is 1. The van der Waals surface area contributed by atoms with Gasteiger partial charge in [0.25, 0.3) is 0 Å². The number of ether oxygens (including phenoxy) is 2. The van der Waals surface area contributed by atoms with Crippen molar-refractivity contribution in [2.75, 3.05) is 19.0 Å². The van der Waals surface area contributed by atoms with Crippen LogP contribution in [-0.2, 0) is 11.2 Å². The minimum atomic E-state index is -0.622. The smallest absolute Gasteiger partial charge is 0.412 e. The van der Waals surface area contributed by atoms with Gasteiger partial charge in [-0.05, 0) is 32.4 Å². The van der Waals surface area contributed by atoms with Crippen LogP contribution in [0.5, 0.6) is 5.75 Å². The van der Waals surface area contributed by atoms with Crippen LogP contribution in [0.3, 0.4) is 0 Å². The minimum Gasteiger partial charge on any atom is -0.496 e. The van der Waals surface area contributed by atoms with E-state index in [1.807, 2.05) is 0 Å². The number of aliphatic hydroxyl groups is 1. The van der Waals surface area contributed by atoms with Crippen molar-refractivity contribution in [2.24, 2.45) is 5.73 Å². The number of hydrogen-bond acceptors (Lipinski definition) is 5. The number of nitrogens with two attached hydrogens (primary N) is 1. The molecule has 1 aromatic rings. The van der Waals surface area contributed by atoms with E-state index in [1.54, 1.807) is 39.0 Å². The van der Waals surface area contributed by atoms with Gasteiger partial charge in [0.2, 0.25) is 0 Å². The molecule has 0 saturated carbocycles. The molecule has 1 unspecified atom stereocenters. The van der Waals surface area contributed by atoms with Crippen LogP contribution >= 0.6 is 0 Å². The highest BCUT2D eigenvalue weighted by Crippen LogP contribution is 2.24.